The van der Waals surface area contributed by atoms with Crippen molar-refractivity contribution < 1.29 is 25.2 Å². The number of amides is 1. The van der Waals surface area contributed by atoms with Crippen LogP contribution in [0.1, 0.15) is 33.9 Å². The Bertz CT molecular complexity index is 1450. The highest BCUT2D eigenvalue weighted by Crippen LogP contribution is 2.18. The second kappa shape index (κ2) is 11.2. The highest BCUT2D eigenvalue weighted by molar-refractivity contribution is 5.94. The maximum Gasteiger partial charge on any atom is 0.282 e. The van der Waals surface area contributed by atoms with Crippen LogP contribution in [-0.2, 0) is 13.0 Å². The van der Waals surface area contributed by atoms with Crippen molar-refractivity contribution in [2.75, 3.05) is 13.2 Å². The van der Waals surface area contributed by atoms with Crippen molar-refractivity contribution in [3.63, 3.8) is 0 Å². The first-order chi connectivity index (χ1) is 17.7. The van der Waals surface area contributed by atoms with Gasteiger partial charge in [-0.15, -0.1) is 0 Å². The van der Waals surface area contributed by atoms with Gasteiger partial charge < -0.3 is 35.3 Å². The summed E-state index contributed by atoms with van der Waals surface area (Å²) in [7, 11) is 0. The van der Waals surface area contributed by atoms with E-state index in [1.54, 1.807) is 12.1 Å². The number of carbonyl (C=O) groups excluding carboxylic acids is 1. The molecule has 11 heteroatoms. The molecule has 2 aromatic carbocycles. The summed E-state index contributed by atoms with van der Waals surface area (Å²) in [6, 6.07) is 11.1. The van der Waals surface area contributed by atoms with Crippen LogP contribution in [-0.4, -0.2) is 77.3 Å². The molecule has 3 atom stereocenters. The van der Waals surface area contributed by atoms with Gasteiger partial charge in [0.25, 0.3) is 11.5 Å². The van der Waals surface area contributed by atoms with Gasteiger partial charge in [-0.2, -0.15) is 0 Å². The maximum absolute atomic E-state index is 13.3. The molecule has 4 rings (SSSR count). The van der Waals surface area contributed by atoms with Gasteiger partial charge in [-0.25, -0.2) is 9.97 Å². The summed E-state index contributed by atoms with van der Waals surface area (Å²) >= 11 is 0. The standard InChI is InChI=1S/C26H31N5O6/c1-14-10-18-19(11-15(14)2)31(12-20(33)24(35)21(34)13-32)26(37)23(30-18)25(36)27-9-5-8-22-28-16-6-3-4-7-17(16)29-22/h3-4,6-7,10-11,20-21,24,32-35H,5,8-9,12-13H2,1-2H3,(H,27,36)(H,28,29)/t20-,21+,24-/m0/s1. The predicted molar refractivity (Wildman–Crippen MR) is 137 cm³/mol. The van der Waals surface area contributed by atoms with E-state index in [0.717, 1.165) is 32.6 Å². The number of para-hydroxylation sites is 2. The molecule has 11 nitrogen and oxygen atoms in total. The van der Waals surface area contributed by atoms with E-state index in [9.17, 15) is 24.9 Å². The third-order valence-corrected chi connectivity index (χ3v) is 6.44. The number of benzene rings is 2. The molecule has 0 saturated heterocycles. The SMILES string of the molecule is Cc1cc2nc(C(=O)NCCCc3nc4ccccc4[nH]3)c(=O)n(C[C@H](O)[C@H](O)[C@H](O)CO)c2cc1C. The topological polar surface area (TPSA) is 174 Å². The minimum absolute atomic E-state index is 0.284. The monoisotopic (exact) mass is 509 g/mol. The van der Waals surface area contributed by atoms with Crippen LogP contribution in [0.3, 0.4) is 0 Å². The first-order valence-electron chi connectivity index (χ1n) is 12.1. The summed E-state index contributed by atoms with van der Waals surface area (Å²) < 4.78 is 1.16. The minimum Gasteiger partial charge on any atom is -0.394 e. The lowest BCUT2D eigenvalue weighted by Crippen LogP contribution is -2.44. The number of aryl methyl sites for hydroxylation is 3. The number of carbonyl (C=O) groups is 1. The molecule has 4 aromatic rings. The van der Waals surface area contributed by atoms with Crippen LogP contribution in [0, 0.1) is 13.8 Å². The van der Waals surface area contributed by atoms with E-state index in [-0.39, 0.29) is 12.2 Å². The van der Waals surface area contributed by atoms with Crippen molar-refractivity contribution in [1.29, 1.82) is 0 Å². The number of aliphatic hydroxyl groups is 4. The zero-order valence-corrected chi connectivity index (χ0v) is 20.7. The van der Waals surface area contributed by atoms with Crippen LogP contribution >= 0.6 is 0 Å². The number of aromatic amines is 1. The molecule has 2 heterocycles. The number of H-pyrrole nitrogens is 1. The van der Waals surface area contributed by atoms with Crippen LogP contribution in [0.15, 0.2) is 41.2 Å². The second-order valence-electron chi connectivity index (χ2n) is 9.17. The van der Waals surface area contributed by atoms with Gasteiger partial charge in [-0.05, 0) is 55.7 Å². The molecule has 0 bridgehead atoms. The quantitative estimate of drug-likeness (QED) is 0.166. The zero-order chi connectivity index (χ0) is 26.7. The van der Waals surface area contributed by atoms with E-state index in [1.807, 2.05) is 38.1 Å². The van der Waals surface area contributed by atoms with Gasteiger partial charge in [0.05, 0.1) is 35.2 Å². The summed E-state index contributed by atoms with van der Waals surface area (Å²) in [5, 5.41) is 42.0. The van der Waals surface area contributed by atoms with E-state index >= 15 is 0 Å². The van der Waals surface area contributed by atoms with Gasteiger partial charge in [-0.1, -0.05) is 12.1 Å². The fourth-order valence-corrected chi connectivity index (χ4v) is 4.15. The van der Waals surface area contributed by atoms with E-state index in [1.165, 1.54) is 0 Å². The summed E-state index contributed by atoms with van der Waals surface area (Å²) in [5.74, 6) is 0.138. The Balaban J connectivity index is 1.54. The first-order valence-corrected chi connectivity index (χ1v) is 12.1. The Morgan fingerprint density at radius 2 is 1.78 bits per heavy atom. The van der Waals surface area contributed by atoms with Gasteiger partial charge in [0, 0.05) is 13.0 Å². The summed E-state index contributed by atoms with van der Waals surface area (Å²) in [6.45, 7) is 2.84. The molecule has 0 unspecified atom stereocenters. The van der Waals surface area contributed by atoms with E-state index in [2.05, 4.69) is 20.3 Å². The Morgan fingerprint density at radius 1 is 1.05 bits per heavy atom. The molecule has 6 N–H and O–H groups in total. The van der Waals surface area contributed by atoms with Gasteiger partial charge >= 0.3 is 0 Å². The Labute approximate surface area is 212 Å². The number of nitrogens with one attached hydrogen (secondary N) is 2. The minimum atomic E-state index is -1.69. The average Bonchev–Trinajstić information content (AvgIpc) is 3.31. The fraction of sp³-hybridized carbons (Fsp3) is 0.385. The van der Waals surface area contributed by atoms with Crippen LogP contribution in [0.5, 0.6) is 0 Å². The average molecular weight is 510 g/mol. The molecular weight excluding hydrogens is 478 g/mol. The molecular formula is C26H31N5O6. The molecule has 0 saturated carbocycles. The van der Waals surface area contributed by atoms with Gasteiger partial charge in [-0.3, -0.25) is 9.59 Å². The van der Waals surface area contributed by atoms with Gasteiger partial charge in [0.2, 0.25) is 0 Å². The van der Waals surface area contributed by atoms with Crippen LogP contribution in [0.4, 0.5) is 0 Å². The molecule has 0 spiro atoms. The van der Waals surface area contributed by atoms with Crippen molar-refractivity contribution >= 4 is 28.0 Å². The van der Waals surface area contributed by atoms with Crippen LogP contribution < -0.4 is 10.9 Å². The normalized spacial score (nSPS) is 14.1. The first kappa shape index (κ1) is 26.4. The van der Waals surface area contributed by atoms with Crippen molar-refractivity contribution in [1.82, 2.24) is 24.8 Å². The second-order valence-corrected chi connectivity index (χ2v) is 9.17. The number of hydrogen-bond acceptors (Lipinski definition) is 8. The summed E-state index contributed by atoms with van der Waals surface area (Å²) in [6.07, 6.45) is -3.68. The smallest absolute Gasteiger partial charge is 0.282 e. The Hall–Kier alpha value is -3.64. The maximum atomic E-state index is 13.3. The number of aliphatic hydroxyl groups excluding tert-OH is 4. The largest absolute Gasteiger partial charge is 0.394 e. The van der Waals surface area contributed by atoms with Gasteiger partial charge in [0.15, 0.2) is 5.69 Å². The molecule has 0 fully saturated rings. The lowest BCUT2D eigenvalue weighted by molar-refractivity contribution is -0.0805. The highest BCUT2D eigenvalue weighted by atomic mass is 16.4. The third kappa shape index (κ3) is 5.70. The zero-order valence-electron chi connectivity index (χ0n) is 20.7. The predicted octanol–water partition coefficient (Wildman–Crippen LogP) is 0.327. The van der Waals surface area contributed by atoms with Crippen molar-refractivity contribution in [3.8, 4) is 0 Å². The Kier molecular flexibility index (Phi) is 7.98. The summed E-state index contributed by atoms with van der Waals surface area (Å²) in [4.78, 5) is 38.3. The number of imidazole rings is 1. The molecule has 0 aliphatic rings. The van der Waals surface area contributed by atoms with E-state index in [4.69, 9.17) is 5.11 Å². The lowest BCUT2D eigenvalue weighted by Gasteiger charge is -2.23. The number of hydrogen-bond donors (Lipinski definition) is 6. The summed E-state index contributed by atoms with van der Waals surface area (Å²) in [5.41, 5.74) is 3.24. The van der Waals surface area contributed by atoms with Crippen molar-refractivity contribution in [2.45, 2.75) is 51.5 Å². The Morgan fingerprint density at radius 3 is 2.51 bits per heavy atom. The third-order valence-electron chi connectivity index (χ3n) is 6.44. The molecule has 37 heavy (non-hydrogen) atoms. The molecule has 196 valence electrons. The number of aromatic nitrogens is 4. The van der Waals surface area contributed by atoms with E-state index in [0.29, 0.717) is 23.9 Å². The number of rotatable bonds is 10. The van der Waals surface area contributed by atoms with Crippen LogP contribution in [0.2, 0.25) is 0 Å². The van der Waals surface area contributed by atoms with Crippen molar-refractivity contribution in [2.24, 2.45) is 0 Å². The molecule has 1 amide bonds. The molecule has 0 aliphatic carbocycles. The number of nitrogens with zero attached hydrogens (tertiary/aromatic N) is 3. The van der Waals surface area contributed by atoms with Crippen molar-refractivity contribution in [3.05, 3.63) is 69.4 Å². The fourth-order valence-electron chi connectivity index (χ4n) is 4.15. The molecule has 2 aromatic heterocycles. The highest BCUT2D eigenvalue weighted by Gasteiger charge is 2.27. The van der Waals surface area contributed by atoms with Crippen LogP contribution in [0.25, 0.3) is 22.1 Å². The number of fused-ring (bicyclic) bond motifs is 2. The lowest BCUT2D eigenvalue weighted by atomic mass is 10.1. The molecule has 0 aliphatic heterocycles. The van der Waals surface area contributed by atoms with E-state index < -0.39 is 42.9 Å². The molecule has 0 radical (unpaired) electrons. The van der Waals surface area contributed by atoms with Gasteiger partial charge in [0.1, 0.15) is 24.1 Å².